The molecule has 0 spiro atoms. The number of hydrogen-bond donors (Lipinski definition) is 1. The first-order valence-corrected chi connectivity index (χ1v) is 11.9. The van der Waals surface area contributed by atoms with Crippen molar-refractivity contribution in [2.45, 2.75) is 37.5 Å². The van der Waals surface area contributed by atoms with E-state index in [1.165, 1.54) is 3.97 Å². The smallest absolute Gasteiger partial charge is 0.268 e. The minimum absolute atomic E-state index is 0.192. The number of ether oxygens (including phenoxy) is 2. The number of rotatable bonds is 10. The van der Waals surface area contributed by atoms with Gasteiger partial charge in [-0.3, -0.25) is 0 Å². The molecule has 0 unspecified atom stereocenters. The van der Waals surface area contributed by atoms with E-state index in [4.69, 9.17) is 9.47 Å². The van der Waals surface area contributed by atoms with Crippen LogP contribution in [0.1, 0.15) is 31.2 Å². The number of nitrogens with one attached hydrogen (secondary N) is 1. The molecule has 0 aliphatic heterocycles. The Bertz CT molecular complexity index is 1280. The van der Waals surface area contributed by atoms with E-state index in [-0.39, 0.29) is 4.90 Å². The largest absolute Gasteiger partial charge is 0.497 e. The molecule has 0 bridgehead atoms. The van der Waals surface area contributed by atoms with Crippen molar-refractivity contribution in [3.8, 4) is 11.5 Å². The fraction of sp³-hybridized carbons (Fsp3) is 0.318. The Labute approximate surface area is 186 Å². The molecule has 4 aromatic rings. The van der Waals surface area contributed by atoms with Crippen LogP contribution < -0.4 is 9.47 Å². The summed E-state index contributed by atoms with van der Waals surface area (Å²) in [6, 6.07) is 11.9. The summed E-state index contributed by atoms with van der Waals surface area (Å²) >= 11 is 0. The lowest BCUT2D eigenvalue weighted by atomic mass is 10.1. The summed E-state index contributed by atoms with van der Waals surface area (Å²) in [5, 5.41) is 14.8. The zero-order chi connectivity index (χ0) is 22.6. The zero-order valence-electron chi connectivity index (χ0n) is 18.0. The number of benzene rings is 2. The second-order valence-corrected chi connectivity index (χ2v) is 9.15. The van der Waals surface area contributed by atoms with Crippen LogP contribution in [-0.4, -0.2) is 46.7 Å². The molecule has 32 heavy (non-hydrogen) atoms. The maximum absolute atomic E-state index is 13.5. The van der Waals surface area contributed by atoms with E-state index < -0.39 is 10.0 Å². The SMILES string of the molecule is CCCCOc1ccc(S(=O)(=O)n2cc(CCc3nn[nH]n3)c3cc(OC)ccc32)cc1. The third-order valence-electron chi connectivity index (χ3n) is 5.21. The molecule has 2 heterocycles. The van der Waals surface area contributed by atoms with Crippen LogP contribution in [0.5, 0.6) is 11.5 Å². The summed E-state index contributed by atoms with van der Waals surface area (Å²) in [7, 11) is -2.23. The quantitative estimate of drug-likeness (QED) is 0.365. The Morgan fingerprint density at radius 3 is 2.53 bits per heavy atom. The molecule has 0 saturated heterocycles. The molecule has 0 atom stereocenters. The number of aryl methyl sites for hydroxylation is 2. The van der Waals surface area contributed by atoms with E-state index >= 15 is 0 Å². The van der Waals surface area contributed by atoms with Gasteiger partial charge >= 0.3 is 0 Å². The van der Waals surface area contributed by atoms with E-state index in [0.717, 1.165) is 23.8 Å². The lowest BCUT2D eigenvalue weighted by Gasteiger charge is -2.10. The van der Waals surface area contributed by atoms with Crippen molar-refractivity contribution in [3.63, 3.8) is 0 Å². The molecule has 10 heteroatoms. The monoisotopic (exact) mass is 455 g/mol. The third-order valence-corrected chi connectivity index (χ3v) is 6.90. The van der Waals surface area contributed by atoms with E-state index in [2.05, 4.69) is 27.5 Å². The molecule has 1 N–H and O–H groups in total. The predicted molar refractivity (Wildman–Crippen MR) is 120 cm³/mol. The highest BCUT2D eigenvalue weighted by molar-refractivity contribution is 7.90. The standard InChI is InChI=1S/C22H25N5O4S/c1-3-4-13-31-17-6-9-19(10-7-17)32(28,29)27-15-16(5-12-22-23-25-26-24-22)20-14-18(30-2)8-11-21(20)27/h6-11,14-15H,3-5,12-13H2,1-2H3,(H,23,24,25,26). The Balaban J connectivity index is 1.69. The van der Waals surface area contributed by atoms with Gasteiger partial charge in [-0.1, -0.05) is 18.6 Å². The number of tetrazole rings is 1. The van der Waals surface area contributed by atoms with Gasteiger partial charge in [0.15, 0.2) is 5.82 Å². The Kier molecular flexibility index (Phi) is 6.40. The molecule has 2 aromatic heterocycles. The van der Waals surface area contributed by atoms with Gasteiger partial charge in [0.1, 0.15) is 11.5 Å². The molecule has 2 aromatic carbocycles. The first kappa shape index (κ1) is 21.8. The molecule has 9 nitrogen and oxygen atoms in total. The Morgan fingerprint density at radius 1 is 1.06 bits per heavy atom. The highest BCUT2D eigenvalue weighted by Gasteiger charge is 2.22. The van der Waals surface area contributed by atoms with Crippen LogP contribution in [0.4, 0.5) is 0 Å². The topological polar surface area (TPSA) is 112 Å². The number of H-pyrrole nitrogens is 1. The van der Waals surface area contributed by atoms with Crippen LogP contribution in [0.25, 0.3) is 10.9 Å². The molecule has 0 saturated carbocycles. The van der Waals surface area contributed by atoms with Crippen molar-refractivity contribution in [3.05, 3.63) is 60.0 Å². The Hall–Kier alpha value is -3.40. The van der Waals surface area contributed by atoms with Crippen molar-refractivity contribution in [1.82, 2.24) is 24.6 Å². The van der Waals surface area contributed by atoms with Gasteiger partial charge in [-0.05, 0) is 60.9 Å². The van der Waals surface area contributed by atoms with Crippen LogP contribution >= 0.6 is 0 Å². The van der Waals surface area contributed by atoms with E-state index in [0.29, 0.717) is 42.3 Å². The molecular formula is C22H25N5O4S. The van der Waals surface area contributed by atoms with Gasteiger partial charge in [-0.25, -0.2) is 12.4 Å². The summed E-state index contributed by atoms with van der Waals surface area (Å²) in [6.45, 7) is 2.70. The first-order valence-electron chi connectivity index (χ1n) is 10.4. The van der Waals surface area contributed by atoms with Gasteiger partial charge in [0, 0.05) is 18.0 Å². The van der Waals surface area contributed by atoms with Crippen molar-refractivity contribution in [2.75, 3.05) is 13.7 Å². The maximum Gasteiger partial charge on any atom is 0.268 e. The molecule has 0 radical (unpaired) electrons. The summed E-state index contributed by atoms with van der Waals surface area (Å²) in [5.74, 6) is 1.87. The van der Waals surface area contributed by atoms with E-state index in [1.54, 1.807) is 49.7 Å². The Morgan fingerprint density at radius 2 is 1.84 bits per heavy atom. The van der Waals surface area contributed by atoms with E-state index in [1.807, 2.05) is 6.07 Å². The van der Waals surface area contributed by atoms with Gasteiger partial charge in [-0.15, -0.1) is 10.2 Å². The van der Waals surface area contributed by atoms with Crippen molar-refractivity contribution < 1.29 is 17.9 Å². The third kappa shape index (κ3) is 4.45. The van der Waals surface area contributed by atoms with Crippen molar-refractivity contribution in [2.24, 2.45) is 0 Å². The molecular weight excluding hydrogens is 430 g/mol. The number of hydrogen-bond acceptors (Lipinski definition) is 7. The summed E-state index contributed by atoms with van der Waals surface area (Å²) in [5.41, 5.74) is 1.43. The van der Waals surface area contributed by atoms with Crippen LogP contribution in [0.3, 0.4) is 0 Å². The highest BCUT2D eigenvalue weighted by atomic mass is 32.2. The molecule has 0 amide bonds. The first-order chi connectivity index (χ1) is 15.5. The van der Waals surface area contributed by atoms with Crippen LogP contribution in [0.2, 0.25) is 0 Å². The van der Waals surface area contributed by atoms with Gasteiger partial charge in [0.2, 0.25) is 0 Å². The van der Waals surface area contributed by atoms with Crippen molar-refractivity contribution in [1.29, 1.82) is 0 Å². The minimum Gasteiger partial charge on any atom is -0.497 e. The fourth-order valence-electron chi connectivity index (χ4n) is 3.46. The molecule has 168 valence electrons. The van der Waals surface area contributed by atoms with Gasteiger partial charge in [0.05, 0.1) is 24.1 Å². The second-order valence-electron chi connectivity index (χ2n) is 7.34. The average Bonchev–Trinajstić information content (AvgIpc) is 3.46. The lowest BCUT2D eigenvalue weighted by Crippen LogP contribution is -2.12. The second kappa shape index (κ2) is 9.39. The van der Waals surface area contributed by atoms with Crippen molar-refractivity contribution >= 4 is 20.9 Å². The summed E-state index contributed by atoms with van der Waals surface area (Å²) < 4.78 is 39.3. The minimum atomic E-state index is -3.81. The number of aromatic amines is 1. The van der Waals surface area contributed by atoms with Gasteiger partial charge in [0.25, 0.3) is 10.0 Å². The summed E-state index contributed by atoms with van der Waals surface area (Å²) in [4.78, 5) is 0.192. The maximum atomic E-state index is 13.5. The van der Waals surface area contributed by atoms with Crippen LogP contribution in [-0.2, 0) is 22.9 Å². The van der Waals surface area contributed by atoms with E-state index in [9.17, 15) is 8.42 Å². The molecule has 4 rings (SSSR count). The molecule has 0 aliphatic rings. The normalized spacial score (nSPS) is 11.7. The fourth-order valence-corrected chi connectivity index (χ4v) is 4.85. The number of unbranched alkanes of at least 4 members (excludes halogenated alkanes) is 1. The van der Waals surface area contributed by atoms with Crippen LogP contribution in [0.15, 0.2) is 53.6 Å². The van der Waals surface area contributed by atoms with Gasteiger partial charge < -0.3 is 9.47 Å². The number of methoxy groups -OCH3 is 1. The van der Waals surface area contributed by atoms with Crippen LogP contribution in [0, 0.1) is 0 Å². The number of nitrogens with zero attached hydrogens (tertiary/aromatic N) is 4. The average molecular weight is 456 g/mol. The predicted octanol–water partition coefficient (Wildman–Crippen LogP) is 3.36. The highest BCUT2D eigenvalue weighted by Crippen LogP contribution is 2.30. The number of aromatic nitrogens is 5. The molecule has 0 fully saturated rings. The molecule has 0 aliphatic carbocycles. The summed E-state index contributed by atoms with van der Waals surface area (Å²) in [6.07, 6.45) is 4.72. The zero-order valence-corrected chi connectivity index (χ0v) is 18.8. The van der Waals surface area contributed by atoms with Gasteiger partial charge in [-0.2, -0.15) is 5.21 Å². The lowest BCUT2D eigenvalue weighted by molar-refractivity contribution is 0.309. The number of fused-ring (bicyclic) bond motifs is 1.